The number of anilines is 1. The third kappa shape index (κ3) is 5.44. The van der Waals surface area contributed by atoms with E-state index < -0.39 is 22.0 Å². The minimum atomic E-state index is -3.55. The average Bonchev–Trinajstić information content (AvgIpc) is 3.16. The van der Waals surface area contributed by atoms with E-state index in [9.17, 15) is 18.0 Å². The molecule has 0 fully saturated rings. The van der Waals surface area contributed by atoms with E-state index in [4.69, 9.17) is 0 Å². The molecule has 1 heterocycles. The van der Waals surface area contributed by atoms with Crippen molar-refractivity contribution in [3.8, 4) is 0 Å². The number of carbonyl (C=O) groups is 2. The van der Waals surface area contributed by atoms with Crippen LogP contribution in [-0.4, -0.2) is 45.1 Å². The van der Waals surface area contributed by atoms with Gasteiger partial charge in [-0.15, -0.1) is 0 Å². The van der Waals surface area contributed by atoms with Crippen LogP contribution in [-0.2, 0) is 21.2 Å². The first-order chi connectivity index (χ1) is 14.7. The Morgan fingerprint density at radius 1 is 1.10 bits per heavy atom. The van der Waals surface area contributed by atoms with E-state index in [1.807, 2.05) is 45.0 Å². The van der Waals surface area contributed by atoms with Gasteiger partial charge in [-0.3, -0.25) is 13.9 Å². The smallest absolute Gasteiger partial charge is 0.251 e. The molecule has 1 unspecified atom stereocenters. The summed E-state index contributed by atoms with van der Waals surface area (Å²) in [6.45, 7) is 5.94. The SMILES string of the molecule is Cc1cccc(C(=O)NC(C(=O)NCCS(=O)(=O)N2CCc3ccccc32)C(C)C)c1. The topological polar surface area (TPSA) is 95.6 Å². The summed E-state index contributed by atoms with van der Waals surface area (Å²) in [5, 5.41) is 5.44. The highest BCUT2D eigenvalue weighted by Crippen LogP contribution is 2.29. The number of benzene rings is 2. The maximum absolute atomic E-state index is 12.8. The molecule has 8 heteroatoms. The Balaban J connectivity index is 1.58. The third-order valence-electron chi connectivity index (χ3n) is 5.36. The number of nitrogens with zero attached hydrogens (tertiary/aromatic N) is 1. The molecule has 1 atom stereocenters. The van der Waals surface area contributed by atoms with Crippen LogP contribution in [0.1, 0.15) is 35.3 Å². The van der Waals surface area contributed by atoms with Crippen LogP contribution in [0.2, 0.25) is 0 Å². The molecule has 2 aromatic carbocycles. The lowest BCUT2D eigenvalue weighted by Crippen LogP contribution is -2.50. The van der Waals surface area contributed by atoms with E-state index in [0.29, 0.717) is 24.2 Å². The van der Waals surface area contributed by atoms with Gasteiger partial charge < -0.3 is 10.6 Å². The molecule has 3 rings (SSSR count). The second-order valence-corrected chi connectivity index (χ2v) is 10.1. The Hall–Kier alpha value is -2.87. The highest BCUT2D eigenvalue weighted by atomic mass is 32.2. The molecule has 0 saturated carbocycles. The summed E-state index contributed by atoms with van der Waals surface area (Å²) < 4.78 is 27.0. The van der Waals surface area contributed by atoms with Gasteiger partial charge in [0, 0.05) is 18.7 Å². The van der Waals surface area contributed by atoms with E-state index >= 15 is 0 Å². The van der Waals surface area contributed by atoms with Crippen LogP contribution in [0, 0.1) is 12.8 Å². The molecule has 0 aliphatic carbocycles. The zero-order chi connectivity index (χ0) is 22.6. The number of para-hydroxylation sites is 1. The summed E-state index contributed by atoms with van der Waals surface area (Å²) in [5.74, 6) is -1.09. The van der Waals surface area contributed by atoms with Gasteiger partial charge in [0.25, 0.3) is 5.91 Å². The van der Waals surface area contributed by atoms with Gasteiger partial charge in [0.2, 0.25) is 15.9 Å². The number of nitrogens with one attached hydrogen (secondary N) is 2. The molecule has 0 saturated heterocycles. The minimum Gasteiger partial charge on any atom is -0.353 e. The Morgan fingerprint density at radius 3 is 2.55 bits per heavy atom. The van der Waals surface area contributed by atoms with Crippen LogP contribution < -0.4 is 14.9 Å². The molecule has 1 aliphatic rings. The molecule has 1 aliphatic heterocycles. The van der Waals surface area contributed by atoms with Crippen molar-refractivity contribution in [2.24, 2.45) is 5.92 Å². The van der Waals surface area contributed by atoms with E-state index in [0.717, 1.165) is 11.1 Å². The fourth-order valence-electron chi connectivity index (χ4n) is 3.67. The van der Waals surface area contributed by atoms with Crippen molar-refractivity contribution < 1.29 is 18.0 Å². The molecular formula is C23H29N3O4S. The van der Waals surface area contributed by atoms with Crippen LogP contribution in [0.3, 0.4) is 0 Å². The highest BCUT2D eigenvalue weighted by Gasteiger charge is 2.30. The van der Waals surface area contributed by atoms with E-state index in [2.05, 4.69) is 10.6 Å². The van der Waals surface area contributed by atoms with Gasteiger partial charge in [-0.1, -0.05) is 49.7 Å². The standard InChI is InChI=1S/C23H29N3O4S/c1-16(2)21(25-22(27)19-9-6-7-17(3)15-19)23(28)24-12-14-31(29,30)26-13-11-18-8-4-5-10-20(18)26/h4-10,15-16,21H,11-14H2,1-3H3,(H,24,28)(H,25,27). The quantitative estimate of drug-likeness (QED) is 0.654. The highest BCUT2D eigenvalue weighted by molar-refractivity contribution is 7.92. The summed E-state index contributed by atoms with van der Waals surface area (Å²) in [4.78, 5) is 25.2. The number of fused-ring (bicyclic) bond motifs is 1. The fourth-order valence-corrected chi connectivity index (χ4v) is 5.09. The molecule has 2 N–H and O–H groups in total. The van der Waals surface area contributed by atoms with Crippen LogP contribution in [0.25, 0.3) is 0 Å². The molecule has 2 aromatic rings. The van der Waals surface area contributed by atoms with Crippen molar-refractivity contribution in [2.45, 2.75) is 33.2 Å². The zero-order valence-corrected chi connectivity index (χ0v) is 18.9. The Labute approximate surface area is 183 Å². The van der Waals surface area contributed by atoms with Crippen LogP contribution in [0.15, 0.2) is 48.5 Å². The molecule has 31 heavy (non-hydrogen) atoms. The molecule has 2 amide bonds. The number of sulfonamides is 1. The van der Waals surface area contributed by atoms with Crippen LogP contribution in [0.4, 0.5) is 5.69 Å². The van der Waals surface area contributed by atoms with Gasteiger partial charge in [0.1, 0.15) is 6.04 Å². The summed E-state index contributed by atoms with van der Waals surface area (Å²) in [5.41, 5.74) is 3.15. The van der Waals surface area contributed by atoms with Gasteiger partial charge in [0.15, 0.2) is 0 Å². The summed E-state index contributed by atoms with van der Waals surface area (Å²) in [6, 6.07) is 13.8. The van der Waals surface area contributed by atoms with E-state index in [1.54, 1.807) is 24.3 Å². The number of hydrogen-bond acceptors (Lipinski definition) is 4. The first-order valence-corrected chi connectivity index (χ1v) is 12.0. The lowest BCUT2D eigenvalue weighted by molar-refractivity contribution is -0.123. The lowest BCUT2D eigenvalue weighted by atomic mass is 10.0. The van der Waals surface area contributed by atoms with Gasteiger partial charge >= 0.3 is 0 Å². The normalized spacial score (nSPS) is 14.3. The number of hydrogen-bond donors (Lipinski definition) is 2. The fraction of sp³-hybridized carbons (Fsp3) is 0.391. The van der Waals surface area contributed by atoms with Crippen molar-refractivity contribution in [1.82, 2.24) is 10.6 Å². The Bertz CT molecular complexity index is 1070. The first kappa shape index (κ1) is 22.8. The van der Waals surface area contributed by atoms with Crippen molar-refractivity contribution >= 4 is 27.5 Å². The monoisotopic (exact) mass is 443 g/mol. The molecule has 7 nitrogen and oxygen atoms in total. The van der Waals surface area contributed by atoms with Gasteiger partial charge in [0.05, 0.1) is 11.4 Å². The van der Waals surface area contributed by atoms with E-state index in [1.165, 1.54) is 4.31 Å². The van der Waals surface area contributed by atoms with Crippen molar-refractivity contribution in [1.29, 1.82) is 0 Å². The van der Waals surface area contributed by atoms with Gasteiger partial charge in [-0.05, 0) is 43.0 Å². The van der Waals surface area contributed by atoms with E-state index in [-0.39, 0.29) is 24.1 Å². The number of aryl methyl sites for hydroxylation is 1. The minimum absolute atomic E-state index is 0.0244. The first-order valence-electron chi connectivity index (χ1n) is 10.4. The molecule has 0 aromatic heterocycles. The summed E-state index contributed by atoms with van der Waals surface area (Å²) >= 11 is 0. The zero-order valence-electron chi connectivity index (χ0n) is 18.1. The van der Waals surface area contributed by atoms with Crippen molar-refractivity contribution in [2.75, 3.05) is 23.1 Å². The summed E-state index contributed by atoms with van der Waals surface area (Å²) in [7, 11) is -3.55. The Morgan fingerprint density at radius 2 is 1.84 bits per heavy atom. The van der Waals surface area contributed by atoms with Crippen molar-refractivity contribution in [3.05, 3.63) is 65.2 Å². The molecule has 0 radical (unpaired) electrons. The third-order valence-corrected chi connectivity index (χ3v) is 7.13. The number of carbonyl (C=O) groups excluding carboxylic acids is 2. The van der Waals surface area contributed by atoms with Gasteiger partial charge in [-0.2, -0.15) is 0 Å². The van der Waals surface area contributed by atoms with Crippen LogP contribution >= 0.6 is 0 Å². The predicted molar refractivity (Wildman–Crippen MR) is 122 cm³/mol. The second kappa shape index (κ2) is 9.51. The van der Waals surface area contributed by atoms with Gasteiger partial charge in [-0.25, -0.2) is 8.42 Å². The Kier molecular flexibility index (Phi) is 7.00. The number of rotatable bonds is 8. The second-order valence-electron chi connectivity index (χ2n) is 8.12. The largest absolute Gasteiger partial charge is 0.353 e. The molecule has 0 bridgehead atoms. The average molecular weight is 444 g/mol. The number of amides is 2. The van der Waals surface area contributed by atoms with Crippen LogP contribution in [0.5, 0.6) is 0 Å². The van der Waals surface area contributed by atoms with Crippen molar-refractivity contribution in [3.63, 3.8) is 0 Å². The maximum atomic E-state index is 12.8. The molecular weight excluding hydrogens is 414 g/mol. The predicted octanol–water partition coefficient (Wildman–Crippen LogP) is 2.26. The maximum Gasteiger partial charge on any atom is 0.251 e. The lowest BCUT2D eigenvalue weighted by Gasteiger charge is -2.23. The molecule has 0 spiro atoms. The molecule has 166 valence electrons. The summed E-state index contributed by atoms with van der Waals surface area (Å²) in [6.07, 6.45) is 0.683.